The van der Waals surface area contributed by atoms with Crippen molar-refractivity contribution in [3.05, 3.63) is 22.8 Å². The molecule has 0 bridgehead atoms. The molecule has 0 saturated heterocycles. The van der Waals surface area contributed by atoms with E-state index in [0.717, 1.165) is 36.8 Å². The summed E-state index contributed by atoms with van der Waals surface area (Å²) in [6, 6.07) is 0. The molecular formula is C27H44O6. The highest BCUT2D eigenvalue weighted by atomic mass is 17.2. The van der Waals surface area contributed by atoms with Crippen molar-refractivity contribution in [1.82, 2.24) is 0 Å². The van der Waals surface area contributed by atoms with E-state index in [4.69, 9.17) is 9.78 Å². The molecule has 2 unspecified atom stereocenters. The first-order chi connectivity index (χ1) is 15.5. The van der Waals surface area contributed by atoms with Crippen LogP contribution in [-0.2, 0) is 9.78 Å². The third kappa shape index (κ3) is 5.12. The monoisotopic (exact) mass is 464 g/mol. The fourth-order valence-corrected chi connectivity index (χ4v) is 7.31. The van der Waals surface area contributed by atoms with Gasteiger partial charge < -0.3 is 20.4 Å². The molecule has 2 saturated carbocycles. The van der Waals surface area contributed by atoms with Gasteiger partial charge in [0, 0.05) is 6.42 Å². The maximum Gasteiger partial charge on any atom is 0.133 e. The molecule has 0 aromatic heterocycles. The normalized spacial score (nSPS) is 40.5. The summed E-state index contributed by atoms with van der Waals surface area (Å²) in [5, 5.41) is 41.0. The van der Waals surface area contributed by atoms with E-state index in [9.17, 15) is 20.4 Å². The summed E-state index contributed by atoms with van der Waals surface area (Å²) in [6.45, 7) is 8.39. The number of allylic oxidation sites excluding steroid dienone is 1. The Labute approximate surface area is 198 Å². The van der Waals surface area contributed by atoms with Crippen molar-refractivity contribution in [3.63, 3.8) is 0 Å². The summed E-state index contributed by atoms with van der Waals surface area (Å²) < 4.78 is 0. The van der Waals surface area contributed by atoms with Gasteiger partial charge in [-0.15, -0.1) is 0 Å². The van der Waals surface area contributed by atoms with Crippen molar-refractivity contribution < 1.29 is 30.2 Å². The molecule has 8 atom stereocenters. The molecule has 4 N–H and O–H groups in total. The molecule has 0 spiro atoms. The van der Waals surface area contributed by atoms with Gasteiger partial charge in [0.15, 0.2) is 0 Å². The highest BCUT2D eigenvalue weighted by Crippen LogP contribution is 2.60. The molecular weight excluding hydrogens is 420 g/mol. The molecule has 0 aromatic rings. The van der Waals surface area contributed by atoms with Gasteiger partial charge in [-0.1, -0.05) is 19.4 Å². The third-order valence-corrected chi connectivity index (χ3v) is 9.30. The smallest absolute Gasteiger partial charge is 0.133 e. The Morgan fingerprint density at radius 2 is 1.94 bits per heavy atom. The zero-order valence-corrected chi connectivity index (χ0v) is 20.8. The van der Waals surface area contributed by atoms with Gasteiger partial charge in [-0.05, 0) is 106 Å². The maximum absolute atomic E-state index is 10.4. The predicted molar refractivity (Wildman–Crippen MR) is 126 cm³/mol. The van der Waals surface area contributed by atoms with Crippen LogP contribution >= 0.6 is 0 Å². The molecule has 33 heavy (non-hydrogen) atoms. The summed E-state index contributed by atoms with van der Waals surface area (Å²) in [5.74, 6) is 1.59. The first kappa shape index (κ1) is 25.3. The second-order valence-corrected chi connectivity index (χ2v) is 12.0. The average Bonchev–Trinajstić information content (AvgIpc) is 3.09. The number of hydrogen-bond donors (Lipinski definition) is 4. The van der Waals surface area contributed by atoms with Crippen LogP contribution in [0, 0.1) is 23.2 Å². The molecule has 4 rings (SSSR count). The van der Waals surface area contributed by atoms with Crippen LogP contribution in [0.1, 0.15) is 85.5 Å². The van der Waals surface area contributed by atoms with Crippen molar-refractivity contribution in [2.24, 2.45) is 23.2 Å². The van der Waals surface area contributed by atoms with Gasteiger partial charge in [-0.3, -0.25) is 0 Å². The Morgan fingerprint density at radius 1 is 1.18 bits per heavy atom. The van der Waals surface area contributed by atoms with Gasteiger partial charge in [0.05, 0.1) is 23.9 Å². The molecule has 2 fully saturated rings. The van der Waals surface area contributed by atoms with E-state index in [1.54, 1.807) is 13.8 Å². The third-order valence-electron chi connectivity index (χ3n) is 9.30. The summed E-state index contributed by atoms with van der Waals surface area (Å²) >= 11 is 0. The van der Waals surface area contributed by atoms with Crippen LogP contribution in [0.5, 0.6) is 0 Å². The summed E-state index contributed by atoms with van der Waals surface area (Å²) in [6.07, 6.45) is 8.25. The molecule has 6 nitrogen and oxygen atoms in total. The SMILES string of the molecule is C[C@H](CCC(O)C(C)(C)O)[C@H]1CC[C@H]2C(=CC3OOCC4=C3C[C@@H](O)C[C@@H]4O)CCC[C@]12C. The van der Waals surface area contributed by atoms with E-state index < -0.39 is 23.9 Å². The van der Waals surface area contributed by atoms with E-state index >= 15 is 0 Å². The Bertz CT molecular complexity index is 767. The summed E-state index contributed by atoms with van der Waals surface area (Å²) in [7, 11) is 0. The first-order valence-electron chi connectivity index (χ1n) is 13.0. The lowest BCUT2D eigenvalue weighted by atomic mass is 9.60. The molecule has 1 aliphatic heterocycles. The number of aliphatic hydroxyl groups excluding tert-OH is 3. The predicted octanol–water partition coefficient (Wildman–Crippen LogP) is 3.82. The molecule has 0 radical (unpaired) electrons. The molecule has 1 heterocycles. The number of rotatable bonds is 6. The molecule has 0 aromatic carbocycles. The number of fused-ring (bicyclic) bond motifs is 1. The Hall–Kier alpha value is -0.760. The summed E-state index contributed by atoms with van der Waals surface area (Å²) in [5.41, 5.74) is 2.48. The molecule has 0 amide bonds. The van der Waals surface area contributed by atoms with Crippen LogP contribution in [0.4, 0.5) is 0 Å². The van der Waals surface area contributed by atoms with E-state index in [0.29, 0.717) is 37.0 Å². The highest BCUT2D eigenvalue weighted by Gasteiger charge is 2.51. The van der Waals surface area contributed by atoms with Gasteiger partial charge >= 0.3 is 0 Å². The standard InChI is InChI=1S/C27H44O6/c1-16(7-10-25(30)26(2,3)31)21-8-9-22-17(6-5-11-27(21,22)4)12-24-19-13-18(28)14-23(29)20(19)15-32-33-24/h12,16,18,21-25,28-31H,5-11,13-15H2,1-4H3/t16-,18-,21-,22+,23+,24?,25?,27-/m1/s1. The second kappa shape index (κ2) is 9.71. The van der Waals surface area contributed by atoms with Crippen LogP contribution in [0.3, 0.4) is 0 Å². The van der Waals surface area contributed by atoms with Crippen LogP contribution in [-0.4, -0.2) is 57.0 Å². The Kier molecular flexibility index (Phi) is 7.46. The van der Waals surface area contributed by atoms with Crippen LogP contribution in [0.25, 0.3) is 0 Å². The first-order valence-corrected chi connectivity index (χ1v) is 13.0. The lowest BCUT2D eigenvalue weighted by molar-refractivity contribution is -0.312. The minimum Gasteiger partial charge on any atom is -0.393 e. The zero-order valence-electron chi connectivity index (χ0n) is 20.8. The van der Waals surface area contributed by atoms with E-state index in [1.807, 2.05) is 0 Å². The fraction of sp³-hybridized carbons (Fsp3) is 0.852. The highest BCUT2D eigenvalue weighted by molar-refractivity contribution is 5.33. The van der Waals surface area contributed by atoms with Gasteiger partial charge in [0.1, 0.15) is 12.7 Å². The van der Waals surface area contributed by atoms with Crippen LogP contribution in [0.15, 0.2) is 22.8 Å². The quantitative estimate of drug-likeness (QED) is 0.352. The van der Waals surface area contributed by atoms with E-state index in [1.165, 1.54) is 18.4 Å². The molecule has 3 aliphatic carbocycles. The average molecular weight is 465 g/mol. The maximum atomic E-state index is 10.4. The molecule has 188 valence electrons. The number of hydrogen-bond acceptors (Lipinski definition) is 6. The lowest BCUT2D eigenvalue weighted by Crippen LogP contribution is -2.39. The Balaban J connectivity index is 1.49. The van der Waals surface area contributed by atoms with Crippen molar-refractivity contribution in [1.29, 1.82) is 0 Å². The van der Waals surface area contributed by atoms with Gasteiger partial charge in [0.25, 0.3) is 0 Å². The van der Waals surface area contributed by atoms with Crippen molar-refractivity contribution in [2.45, 2.75) is 115 Å². The lowest BCUT2D eigenvalue weighted by Gasteiger charge is -2.45. The van der Waals surface area contributed by atoms with Gasteiger partial charge in [-0.2, -0.15) is 0 Å². The second-order valence-electron chi connectivity index (χ2n) is 12.0. The number of aliphatic hydroxyl groups is 4. The topological polar surface area (TPSA) is 99.4 Å². The van der Waals surface area contributed by atoms with Gasteiger partial charge in [0.2, 0.25) is 0 Å². The van der Waals surface area contributed by atoms with Crippen molar-refractivity contribution >= 4 is 0 Å². The minimum absolute atomic E-state index is 0.224. The van der Waals surface area contributed by atoms with Crippen LogP contribution < -0.4 is 0 Å². The summed E-state index contributed by atoms with van der Waals surface area (Å²) in [4.78, 5) is 11.1. The van der Waals surface area contributed by atoms with Crippen LogP contribution in [0.2, 0.25) is 0 Å². The van der Waals surface area contributed by atoms with E-state index in [-0.39, 0.29) is 18.1 Å². The Morgan fingerprint density at radius 3 is 2.67 bits per heavy atom. The zero-order chi connectivity index (χ0) is 24.0. The fourth-order valence-electron chi connectivity index (χ4n) is 7.31. The van der Waals surface area contributed by atoms with Gasteiger partial charge in [-0.25, -0.2) is 9.78 Å². The molecule has 4 aliphatic rings. The largest absolute Gasteiger partial charge is 0.393 e. The molecule has 6 heteroatoms. The van der Waals surface area contributed by atoms with E-state index in [2.05, 4.69) is 19.9 Å². The van der Waals surface area contributed by atoms with Crippen molar-refractivity contribution in [2.75, 3.05) is 6.61 Å². The minimum atomic E-state index is -1.06. The van der Waals surface area contributed by atoms with Crippen molar-refractivity contribution in [3.8, 4) is 0 Å².